The summed E-state index contributed by atoms with van der Waals surface area (Å²) in [6.07, 6.45) is 4.34. The second-order valence-electron chi connectivity index (χ2n) is 5.33. The van der Waals surface area contributed by atoms with Crippen molar-refractivity contribution in [1.82, 2.24) is 5.32 Å². The van der Waals surface area contributed by atoms with E-state index in [-0.39, 0.29) is 24.3 Å². The van der Waals surface area contributed by atoms with E-state index in [4.69, 9.17) is 5.11 Å². The molecule has 3 N–H and O–H groups in total. The van der Waals surface area contributed by atoms with Gasteiger partial charge in [0.2, 0.25) is 5.91 Å². The van der Waals surface area contributed by atoms with Gasteiger partial charge in [-0.1, -0.05) is 0 Å². The molecular formula is C12H19NO4. The summed E-state index contributed by atoms with van der Waals surface area (Å²) in [7, 11) is 0. The minimum Gasteiger partial charge on any atom is -0.481 e. The number of nitrogens with one attached hydrogen (secondary N) is 1. The van der Waals surface area contributed by atoms with Gasteiger partial charge in [0.1, 0.15) is 0 Å². The number of aliphatic carboxylic acids is 1. The molecule has 1 amide bonds. The Balaban J connectivity index is 1.87. The van der Waals surface area contributed by atoms with Crippen LogP contribution in [0.15, 0.2) is 0 Å². The van der Waals surface area contributed by atoms with Gasteiger partial charge in [0.05, 0.1) is 18.1 Å². The van der Waals surface area contributed by atoms with E-state index < -0.39 is 11.5 Å². The molecule has 0 aliphatic heterocycles. The minimum absolute atomic E-state index is 0.0200. The van der Waals surface area contributed by atoms with E-state index in [1.165, 1.54) is 0 Å². The van der Waals surface area contributed by atoms with Crippen LogP contribution in [0.4, 0.5) is 0 Å². The van der Waals surface area contributed by atoms with E-state index in [9.17, 15) is 14.7 Å². The summed E-state index contributed by atoms with van der Waals surface area (Å²) < 4.78 is 0. The summed E-state index contributed by atoms with van der Waals surface area (Å²) in [5.74, 6) is -1.46. The Bertz CT molecular complexity index is 319. The van der Waals surface area contributed by atoms with Crippen molar-refractivity contribution < 1.29 is 19.8 Å². The zero-order valence-electron chi connectivity index (χ0n) is 9.82. The highest BCUT2D eigenvalue weighted by Crippen LogP contribution is 2.35. The van der Waals surface area contributed by atoms with Gasteiger partial charge in [-0.3, -0.25) is 9.59 Å². The molecule has 5 heteroatoms. The first kappa shape index (κ1) is 12.4. The van der Waals surface area contributed by atoms with Gasteiger partial charge in [0.25, 0.3) is 0 Å². The summed E-state index contributed by atoms with van der Waals surface area (Å²) in [6.45, 7) is -0.0200. The summed E-state index contributed by atoms with van der Waals surface area (Å²) in [5.41, 5.74) is -0.418. The third-order valence-electron chi connectivity index (χ3n) is 4.15. The number of aliphatic hydroxyl groups is 1. The molecule has 17 heavy (non-hydrogen) atoms. The summed E-state index contributed by atoms with van der Waals surface area (Å²) >= 11 is 0. The second-order valence-corrected chi connectivity index (χ2v) is 5.33. The molecule has 2 rings (SSSR count). The predicted octanol–water partition coefficient (Wildman–Crippen LogP) is 0.518. The third kappa shape index (κ3) is 2.44. The van der Waals surface area contributed by atoms with Gasteiger partial charge in [-0.05, 0) is 38.5 Å². The van der Waals surface area contributed by atoms with Gasteiger partial charge in [-0.2, -0.15) is 0 Å². The van der Waals surface area contributed by atoms with E-state index in [0.29, 0.717) is 19.3 Å². The standard InChI is InChI=1S/C12H19NO4/c14-7-12(4-1-5-12)13-10(15)8-2-3-9(6-8)11(16)17/h8-9,14H,1-7H2,(H,13,15)(H,16,17). The zero-order valence-corrected chi connectivity index (χ0v) is 9.82. The van der Waals surface area contributed by atoms with E-state index >= 15 is 0 Å². The zero-order chi connectivity index (χ0) is 12.5. The molecule has 2 fully saturated rings. The summed E-state index contributed by atoms with van der Waals surface area (Å²) in [4.78, 5) is 22.8. The van der Waals surface area contributed by atoms with Crippen LogP contribution in [0.3, 0.4) is 0 Å². The lowest BCUT2D eigenvalue weighted by atomic mass is 9.77. The SMILES string of the molecule is O=C(O)C1CCC(C(=O)NC2(CO)CCC2)C1. The van der Waals surface area contributed by atoms with E-state index in [0.717, 1.165) is 19.3 Å². The highest BCUT2D eigenvalue weighted by Gasteiger charge is 2.41. The Morgan fingerprint density at radius 2 is 1.88 bits per heavy atom. The van der Waals surface area contributed by atoms with Gasteiger partial charge >= 0.3 is 5.97 Å². The molecule has 0 saturated heterocycles. The molecule has 5 nitrogen and oxygen atoms in total. The van der Waals surface area contributed by atoms with Gasteiger partial charge in [-0.15, -0.1) is 0 Å². The average molecular weight is 241 g/mol. The molecule has 0 aromatic carbocycles. The first-order chi connectivity index (χ1) is 8.06. The Hall–Kier alpha value is -1.10. The van der Waals surface area contributed by atoms with Crippen molar-refractivity contribution in [2.24, 2.45) is 11.8 Å². The van der Waals surface area contributed by atoms with Crippen molar-refractivity contribution in [2.45, 2.75) is 44.1 Å². The predicted molar refractivity (Wildman–Crippen MR) is 60.3 cm³/mol. The highest BCUT2D eigenvalue weighted by atomic mass is 16.4. The van der Waals surface area contributed by atoms with Crippen LogP contribution in [0, 0.1) is 11.8 Å². The van der Waals surface area contributed by atoms with Crippen molar-refractivity contribution in [3.05, 3.63) is 0 Å². The number of hydrogen-bond acceptors (Lipinski definition) is 3. The molecular weight excluding hydrogens is 222 g/mol. The van der Waals surface area contributed by atoms with Gasteiger partial charge < -0.3 is 15.5 Å². The van der Waals surface area contributed by atoms with Crippen molar-refractivity contribution in [3.8, 4) is 0 Å². The van der Waals surface area contributed by atoms with Crippen LogP contribution < -0.4 is 5.32 Å². The molecule has 0 spiro atoms. The quantitative estimate of drug-likeness (QED) is 0.669. The number of amides is 1. The first-order valence-electron chi connectivity index (χ1n) is 6.22. The van der Waals surface area contributed by atoms with Crippen molar-refractivity contribution >= 4 is 11.9 Å². The first-order valence-corrected chi connectivity index (χ1v) is 6.22. The number of hydrogen-bond donors (Lipinski definition) is 3. The number of carbonyl (C=O) groups is 2. The Morgan fingerprint density at radius 1 is 1.24 bits per heavy atom. The van der Waals surface area contributed by atoms with Crippen molar-refractivity contribution in [2.75, 3.05) is 6.61 Å². The van der Waals surface area contributed by atoms with E-state index in [1.54, 1.807) is 0 Å². The van der Waals surface area contributed by atoms with Crippen molar-refractivity contribution in [1.29, 1.82) is 0 Å². The molecule has 2 saturated carbocycles. The molecule has 0 heterocycles. The summed E-state index contributed by atoms with van der Waals surface area (Å²) in [5, 5.41) is 21.0. The summed E-state index contributed by atoms with van der Waals surface area (Å²) in [6, 6.07) is 0. The Kier molecular flexibility index (Phi) is 3.38. The number of aliphatic hydroxyl groups excluding tert-OH is 1. The molecule has 2 unspecified atom stereocenters. The van der Waals surface area contributed by atoms with E-state index in [1.807, 2.05) is 0 Å². The lowest BCUT2D eigenvalue weighted by Crippen LogP contribution is -2.57. The Labute approximate surface area is 100 Å². The van der Waals surface area contributed by atoms with Crippen LogP contribution in [0.5, 0.6) is 0 Å². The molecule has 0 bridgehead atoms. The number of rotatable bonds is 4. The molecule has 0 aromatic heterocycles. The fourth-order valence-corrected chi connectivity index (χ4v) is 2.73. The van der Waals surface area contributed by atoms with Gasteiger partial charge in [-0.25, -0.2) is 0 Å². The molecule has 2 atom stereocenters. The number of carboxylic acids is 1. The highest BCUT2D eigenvalue weighted by molar-refractivity contribution is 5.81. The van der Waals surface area contributed by atoms with Crippen LogP contribution in [-0.4, -0.2) is 34.2 Å². The van der Waals surface area contributed by atoms with Crippen LogP contribution in [0.1, 0.15) is 38.5 Å². The van der Waals surface area contributed by atoms with Gasteiger partial charge in [0, 0.05) is 5.92 Å². The van der Waals surface area contributed by atoms with E-state index in [2.05, 4.69) is 5.32 Å². The number of carboxylic acid groups (broad SMARTS) is 1. The lowest BCUT2D eigenvalue weighted by Gasteiger charge is -2.41. The third-order valence-corrected chi connectivity index (χ3v) is 4.15. The maximum atomic E-state index is 12.0. The molecule has 0 aromatic rings. The largest absolute Gasteiger partial charge is 0.481 e. The Morgan fingerprint density at radius 3 is 2.29 bits per heavy atom. The average Bonchev–Trinajstić information content (AvgIpc) is 2.72. The lowest BCUT2D eigenvalue weighted by molar-refractivity contribution is -0.141. The van der Waals surface area contributed by atoms with Gasteiger partial charge in [0.15, 0.2) is 0 Å². The fraction of sp³-hybridized carbons (Fsp3) is 0.833. The maximum absolute atomic E-state index is 12.0. The monoisotopic (exact) mass is 241 g/mol. The minimum atomic E-state index is -0.805. The molecule has 0 radical (unpaired) electrons. The molecule has 2 aliphatic carbocycles. The topological polar surface area (TPSA) is 86.6 Å². The van der Waals surface area contributed by atoms with Crippen molar-refractivity contribution in [3.63, 3.8) is 0 Å². The maximum Gasteiger partial charge on any atom is 0.306 e. The van der Waals surface area contributed by atoms with Crippen LogP contribution in [0.2, 0.25) is 0 Å². The van der Waals surface area contributed by atoms with Crippen LogP contribution in [-0.2, 0) is 9.59 Å². The number of carbonyl (C=O) groups excluding carboxylic acids is 1. The molecule has 96 valence electrons. The second kappa shape index (κ2) is 4.64. The fourth-order valence-electron chi connectivity index (χ4n) is 2.73. The van der Waals surface area contributed by atoms with Crippen LogP contribution >= 0.6 is 0 Å². The normalized spacial score (nSPS) is 30.6. The molecule has 2 aliphatic rings. The van der Waals surface area contributed by atoms with Crippen LogP contribution in [0.25, 0.3) is 0 Å². The smallest absolute Gasteiger partial charge is 0.306 e.